The Morgan fingerprint density at radius 1 is 1.07 bits per heavy atom. The molecule has 150 valence electrons. The van der Waals surface area contributed by atoms with Crippen molar-refractivity contribution in [2.75, 3.05) is 24.3 Å². The quantitative estimate of drug-likeness (QED) is 0.586. The Morgan fingerprint density at radius 2 is 1.76 bits per heavy atom. The van der Waals surface area contributed by atoms with Gasteiger partial charge in [-0.15, -0.1) is 0 Å². The summed E-state index contributed by atoms with van der Waals surface area (Å²) in [5.41, 5.74) is 1.45. The van der Waals surface area contributed by atoms with Gasteiger partial charge in [0.2, 0.25) is 17.1 Å². The first-order valence-electron chi connectivity index (χ1n) is 8.85. The summed E-state index contributed by atoms with van der Waals surface area (Å²) < 4.78 is 5.74. The van der Waals surface area contributed by atoms with Gasteiger partial charge < -0.3 is 24.8 Å². The van der Waals surface area contributed by atoms with E-state index in [1.807, 2.05) is 31.1 Å². The van der Waals surface area contributed by atoms with Gasteiger partial charge in [0.25, 0.3) is 0 Å². The fourth-order valence-electron chi connectivity index (χ4n) is 2.81. The van der Waals surface area contributed by atoms with E-state index in [0.717, 1.165) is 5.69 Å². The fraction of sp³-hybridized carbons (Fsp3) is 0.190. The maximum Gasteiger partial charge on any atom is 0.303 e. The number of amides is 1. The molecule has 8 heteroatoms. The van der Waals surface area contributed by atoms with Crippen molar-refractivity contribution < 1.29 is 24.2 Å². The smallest absolute Gasteiger partial charge is 0.303 e. The topological polar surface area (TPSA) is 120 Å². The van der Waals surface area contributed by atoms with Crippen molar-refractivity contribution in [3.63, 3.8) is 0 Å². The second-order valence-corrected chi connectivity index (χ2v) is 6.70. The molecule has 1 amide bonds. The molecule has 0 fully saturated rings. The number of hydrogen-bond acceptors (Lipinski definition) is 6. The van der Waals surface area contributed by atoms with Gasteiger partial charge in [0.05, 0.1) is 11.8 Å². The standard InChI is InChI=1S/C21H20N2O6/c1-23(2)14-6-3-12(4-7-14)21-20(28)19(27)15-11-13(5-8-16(15)29-21)22-17(24)9-10-18(25)26/h3-8,11,28H,9-10H2,1-2H3,(H,22,24)(H,25,26). The molecule has 0 radical (unpaired) electrons. The van der Waals surface area contributed by atoms with Crippen molar-refractivity contribution in [3.8, 4) is 17.1 Å². The molecule has 0 atom stereocenters. The number of aliphatic carboxylic acids is 1. The maximum absolute atomic E-state index is 12.6. The lowest BCUT2D eigenvalue weighted by Gasteiger charge is -2.13. The Kier molecular flexibility index (Phi) is 5.54. The molecule has 3 rings (SSSR count). The maximum atomic E-state index is 12.6. The average Bonchev–Trinajstić information content (AvgIpc) is 2.69. The number of benzene rings is 2. The third-order valence-corrected chi connectivity index (χ3v) is 4.36. The molecule has 3 N–H and O–H groups in total. The Labute approximate surface area is 166 Å². The van der Waals surface area contributed by atoms with Gasteiger partial charge in [0.15, 0.2) is 5.76 Å². The monoisotopic (exact) mass is 396 g/mol. The second-order valence-electron chi connectivity index (χ2n) is 6.70. The van der Waals surface area contributed by atoms with E-state index in [1.165, 1.54) is 12.1 Å². The van der Waals surface area contributed by atoms with Crippen LogP contribution >= 0.6 is 0 Å². The Bertz CT molecular complexity index is 1130. The molecular weight excluding hydrogens is 376 g/mol. The van der Waals surface area contributed by atoms with Crippen LogP contribution in [0.15, 0.2) is 51.7 Å². The van der Waals surface area contributed by atoms with E-state index >= 15 is 0 Å². The Hall–Kier alpha value is -3.81. The molecule has 1 aromatic heterocycles. The lowest BCUT2D eigenvalue weighted by molar-refractivity contribution is -0.138. The predicted octanol–water partition coefficient (Wildman–Crippen LogP) is 3.03. The minimum atomic E-state index is -1.07. The minimum absolute atomic E-state index is 0.0612. The number of fused-ring (bicyclic) bond motifs is 1. The van der Waals surface area contributed by atoms with Crippen LogP contribution in [0.25, 0.3) is 22.3 Å². The average molecular weight is 396 g/mol. The Morgan fingerprint density at radius 3 is 2.38 bits per heavy atom. The third kappa shape index (κ3) is 4.37. The molecule has 3 aromatic rings. The van der Waals surface area contributed by atoms with Crippen molar-refractivity contribution in [1.29, 1.82) is 0 Å². The summed E-state index contributed by atoms with van der Waals surface area (Å²) in [6, 6.07) is 11.6. The summed E-state index contributed by atoms with van der Waals surface area (Å²) >= 11 is 0. The first kappa shape index (κ1) is 19.9. The van der Waals surface area contributed by atoms with Gasteiger partial charge >= 0.3 is 5.97 Å². The minimum Gasteiger partial charge on any atom is -0.502 e. The first-order chi connectivity index (χ1) is 13.8. The lowest BCUT2D eigenvalue weighted by Crippen LogP contribution is -2.13. The molecule has 0 unspecified atom stereocenters. The van der Waals surface area contributed by atoms with E-state index in [9.17, 15) is 19.5 Å². The van der Waals surface area contributed by atoms with Gasteiger partial charge in [-0.25, -0.2) is 0 Å². The van der Waals surface area contributed by atoms with Crippen LogP contribution in [0, 0.1) is 0 Å². The highest BCUT2D eigenvalue weighted by Gasteiger charge is 2.16. The number of carboxylic acid groups (broad SMARTS) is 1. The van der Waals surface area contributed by atoms with Crippen molar-refractivity contribution >= 4 is 34.2 Å². The van der Waals surface area contributed by atoms with Crippen LogP contribution in [0.3, 0.4) is 0 Å². The van der Waals surface area contributed by atoms with Crippen molar-refractivity contribution in [3.05, 3.63) is 52.7 Å². The largest absolute Gasteiger partial charge is 0.502 e. The predicted molar refractivity (Wildman–Crippen MR) is 109 cm³/mol. The van der Waals surface area contributed by atoms with Gasteiger partial charge in [-0.1, -0.05) is 0 Å². The lowest BCUT2D eigenvalue weighted by atomic mass is 10.1. The molecule has 29 heavy (non-hydrogen) atoms. The molecule has 1 heterocycles. The molecule has 8 nitrogen and oxygen atoms in total. The van der Waals surface area contributed by atoms with E-state index in [2.05, 4.69) is 5.32 Å². The van der Waals surface area contributed by atoms with Crippen LogP contribution in [-0.4, -0.2) is 36.2 Å². The van der Waals surface area contributed by atoms with Crippen LogP contribution in [0.2, 0.25) is 0 Å². The molecule has 0 aliphatic rings. The fourth-order valence-corrected chi connectivity index (χ4v) is 2.81. The van der Waals surface area contributed by atoms with E-state index in [-0.39, 0.29) is 29.6 Å². The normalized spacial score (nSPS) is 10.7. The molecule has 0 aliphatic carbocycles. The zero-order valence-corrected chi connectivity index (χ0v) is 15.9. The van der Waals surface area contributed by atoms with Crippen LogP contribution < -0.4 is 15.6 Å². The van der Waals surface area contributed by atoms with Gasteiger partial charge in [-0.2, -0.15) is 0 Å². The number of hydrogen-bond donors (Lipinski definition) is 3. The summed E-state index contributed by atoms with van der Waals surface area (Å²) in [6.45, 7) is 0. The van der Waals surface area contributed by atoms with E-state index in [4.69, 9.17) is 9.52 Å². The molecule has 0 saturated carbocycles. The number of anilines is 2. The number of nitrogens with one attached hydrogen (secondary N) is 1. The van der Waals surface area contributed by atoms with E-state index < -0.39 is 23.1 Å². The summed E-state index contributed by atoms with van der Waals surface area (Å²) in [5.74, 6) is -2.02. The summed E-state index contributed by atoms with van der Waals surface area (Å²) in [4.78, 5) is 36.9. The van der Waals surface area contributed by atoms with Crippen LogP contribution in [0.4, 0.5) is 11.4 Å². The molecule has 0 aliphatic heterocycles. The summed E-state index contributed by atoms with van der Waals surface area (Å²) in [5, 5.41) is 21.6. The molecule has 0 bridgehead atoms. The second kappa shape index (κ2) is 8.05. The van der Waals surface area contributed by atoms with E-state index in [1.54, 1.807) is 18.2 Å². The highest BCUT2D eigenvalue weighted by Crippen LogP contribution is 2.31. The van der Waals surface area contributed by atoms with Crippen molar-refractivity contribution in [2.45, 2.75) is 12.8 Å². The molecule has 0 spiro atoms. The molecule has 2 aromatic carbocycles. The van der Waals surface area contributed by atoms with Crippen LogP contribution in [0.1, 0.15) is 12.8 Å². The van der Waals surface area contributed by atoms with Gasteiger partial charge in [0, 0.05) is 37.5 Å². The number of nitrogens with zero attached hydrogens (tertiary/aromatic N) is 1. The number of rotatable bonds is 6. The number of aromatic hydroxyl groups is 1. The van der Waals surface area contributed by atoms with Gasteiger partial charge in [0.1, 0.15) is 5.58 Å². The zero-order valence-electron chi connectivity index (χ0n) is 15.9. The Balaban J connectivity index is 1.94. The number of carbonyl (C=O) groups excluding carboxylic acids is 1. The first-order valence-corrected chi connectivity index (χ1v) is 8.85. The van der Waals surface area contributed by atoms with Crippen molar-refractivity contribution in [2.24, 2.45) is 0 Å². The van der Waals surface area contributed by atoms with Gasteiger partial charge in [-0.3, -0.25) is 14.4 Å². The molecular formula is C21H20N2O6. The van der Waals surface area contributed by atoms with E-state index in [0.29, 0.717) is 11.3 Å². The number of carbonyl (C=O) groups is 2. The highest BCUT2D eigenvalue weighted by molar-refractivity contribution is 5.95. The number of carboxylic acids is 1. The van der Waals surface area contributed by atoms with Crippen molar-refractivity contribution in [1.82, 2.24) is 0 Å². The van der Waals surface area contributed by atoms with Crippen LogP contribution in [0.5, 0.6) is 5.75 Å². The van der Waals surface area contributed by atoms with Gasteiger partial charge in [-0.05, 0) is 42.5 Å². The third-order valence-electron chi connectivity index (χ3n) is 4.36. The molecule has 0 saturated heterocycles. The SMILES string of the molecule is CN(C)c1ccc(-c2oc3ccc(NC(=O)CCC(=O)O)cc3c(=O)c2O)cc1. The zero-order chi connectivity index (χ0) is 21.1. The van der Waals surface area contributed by atoms with Crippen LogP contribution in [-0.2, 0) is 9.59 Å². The summed E-state index contributed by atoms with van der Waals surface area (Å²) in [7, 11) is 3.81. The summed E-state index contributed by atoms with van der Waals surface area (Å²) in [6.07, 6.45) is -0.479. The highest BCUT2D eigenvalue weighted by atomic mass is 16.4.